The van der Waals surface area contributed by atoms with Gasteiger partial charge in [-0.05, 0) is 49.7 Å². The first kappa shape index (κ1) is 24.2. The van der Waals surface area contributed by atoms with Gasteiger partial charge in [0.05, 0.1) is 18.4 Å². The third kappa shape index (κ3) is 5.08. The van der Waals surface area contributed by atoms with Gasteiger partial charge < -0.3 is 9.64 Å². The fraction of sp³-hybridized carbons (Fsp3) is 0.704. The van der Waals surface area contributed by atoms with Gasteiger partial charge in [0.25, 0.3) is 0 Å². The summed E-state index contributed by atoms with van der Waals surface area (Å²) in [5.74, 6) is 1.14. The van der Waals surface area contributed by atoms with Crippen LogP contribution in [0.4, 0.5) is 5.82 Å². The van der Waals surface area contributed by atoms with Crippen molar-refractivity contribution in [3.63, 3.8) is 0 Å². The molecule has 1 aromatic heterocycles. The third-order valence-electron chi connectivity index (χ3n) is 8.49. The van der Waals surface area contributed by atoms with Crippen molar-refractivity contribution in [2.24, 2.45) is 23.7 Å². The Morgan fingerprint density at radius 2 is 1.74 bits per heavy atom. The van der Waals surface area contributed by atoms with Crippen molar-refractivity contribution in [3.05, 3.63) is 24.4 Å². The van der Waals surface area contributed by atoms with Crippen molar-refractivity contribution in [2.45, 2.75) is 58.0 Å². The van der Waals surface area contributed by atoms with Crippen LogP contribution in [-0.2, 0) is 19.1 Å². The molecule has 8 heteroatoms. The molecule has 0 aromatic carbocycles. The number of unbranched alkanes of at least 4 members (excludes halogenated alkanes) is 2. The Hall–Kier alpha value is -2.48. The number of piperazine rings is 1. The van der Waals surface area contributed by atoms with Crippen LogP contribution < -0.4 is 4.90 Å². The van der Waals surface area contributed by atoms with E-state index in [0.717, 1.165) is 70.5 Å². The number of aromatic nitrogens is 1. The highest BCUT2D eigenvalue weighted by Gasteiger charge is 2.61. The molecule has 3 heterocycles. The van der Waals surface area contributed by atoms with Crippen LogP contribution in [0.3, 0.4) is 0 Å². The van der Waals surface area contributed by atoms with Gasteiger partial charge in [0.15, 0.2) is 0 Å². The second-order valence-electron chi connectivity index (χ2n) is 10.7. The van der Waals surface area contributed by atoms with Crippen LogP contribution in [0.25, 0.3) is 0 Å². The van der Waals surface area contributed by atoms with Gasteiger partial charge in [0, 0.05) is 45.3 Å². The zero-order valence-electron chi connectivity index (χ0n) is 20.8. The van der Waals surface area contributed by atoms with Gasteiger partial charge in [-0.25, -0.2) is 4.98 Å². The minimum Gasteiger partial charge on any atom is -0.459 e. The van der Waals surface area contributed by atoms with Gasteiger partial charge in [-0.2, -0.15) is 0 Å². The highest BCUT2D eigenvalue weighted by molar-refractivity contribution is 6.06. The maximum absolute atomic E-state index is 13.2. The first-order chi connectivity index (χ1) is 17.0. The summed E-state index contributed by atoms with van der Waals surface area (Å²) in [6, 6.07) is 5.93. The predicted octanol–water partition coefficient (Wildman–Crippen LogP) is 2.73. The summed E-state index contributed by atoms with van der Waals surface area (Å²) < 4.78 is 5.91. The lowest BCUT2D eigenvalue weighted by molar-refractivity contribution is -0.155. The Bertz CT molecular complexity index is 889. The summed E-state index contributed by atoms with van der Waals surface area (Å²) >= 11 is 0. The average molecular weight is 483 g/mol. The van der Waals surface area contributed by atoms with E-state index in [1.807, 2.05) is 18.2 Å². The van der Waals surface area contributed by atoms with Gasteiger partial charge in [-0.3, -0.25) is 24.2 Å². The van der Waals surface area contributed by atoms with Gasteiger partial charge in [-0.15, -0.1) is 0 Å². The molecule has 2 bridgehead atoms. The molecule has 2 aliphatic heterocycles. The number of carbonyl (C=O) groups excluding carboxylic acids is 3. The quantitative estimate of drug-likeness (QED) is 0.288. The van der Waals surface area contributed by atoms with Crippen LogP contribution >= 0.6 is 0 Å². The average Bonchev–Trinajstić information content (AvgIpc) is 3.55. The Balaban J connectivity index is 1.22. The third-order valence-corrected chi connectivity index (χ3v) is 8.49. The monoisotopic (exact) mass is 482 g/mol. The zero-order chi connectivity index (χ0) is 24.4. The van der Waals surface area contributed by atoms with E-state index in [0.29, 0.717) is 24.8 Å². The topological polar surface area (TPSA) is 83.1 Å². The normalized spacial score (nSPS) is 29.1. The first-order valence-electron chi connectivity index (χ1n) is 13.5. The lowest BCUT2D eigenvalue weighted by Crippen LogP contribution is -2.51. The summed E-state index contributed by atoms with van der Waals surface area (Å²) in [5, 5.41) is 0. The maximum Gasteiger partial charge on any atom is 0.306 e. The molecule has 4 aliphatic rings. The molecule has 5 atom stereocenters. The second kappa shape index (κ2) is 10.6. The molecule has 35 heavy (non-hydrogen) atoms. The number of imide groups is 1. The Morgan fingerprint density at radius 1 is 1.03 bits per heavy atom. The molecule has 1 aromatic rings. The number of hydrogen-bond acceptors (Lipinski definition) is 7. The fourth-order valence-electron chi connectivity index (χ4n) is 6.74. The zero-order valence-corrected chi connectivity index (χ0v) is 20.8. The second-order valence-corrected chi connectivity index (χ2v) is 10.7. The molecule has 190 valence electrons. The number of fused-ring (bicyclic) bond motifs is 5. The number of likely N-dealkylation sites (tertiary alicyclic amines) is 1. The minimum absolute atomic E-state index is 0.0285. The van der Waals surface area contributed by atoms with Crippen molar-refractivity contribution in [1.82, 2.24) is 14.8 Å². The van der Waals surface area contributed by atoms with E-state index in [1.165, 1.54) is 4.90 Å². The number of anilines is 1. The number of esters is 1. The molecule has 2 saturated heterocycles. The molecule has 2 saturated carbocycles. The number of ether oxygens (including phenoxy) is 1. The molecular formula is C27H38N4O4. The van der Waals surface area contributed by atoms with Crippen molar-refractivity contribution >= 4 is 23.6 Å². The number of amides is 2. The van der Waals surface area contributed by atoms with Crippen LogP contribution in [0, 0.1) is 23.7 Å². The van der Waals surface area contributed by atoms with Gasteiger partial charge in [0.2, 0.25) is 11.8 Å². The smallest absolute Gasteiger partial charge is 0.306 e. The van der Waals surface area contributed by atoms with Crippen molar-refractivity contribution in [1.29, 1.82) is 0 Å². The van der Waals surface area contributed by atoms with E-state index in [2.05, 4.69) is 21.7 Å². The predicted molar refractivity (Wildman–Crippen MR) is 131 cm³/mol. The van der Waals surface area contributed by atoms with E-state index in [4.69, 9.17) is 4.74 Å². The van der Waals surface area contributed by atoms with Crippen LogP contribution in [0.2, 0.25) is 0 Å². The van der Waals surface area contributed by atoms with Crippen LogP contribution in [-0.4, -0.2) is 77.9 Å². The lowest BCUT2D eigenvalue weighted by atomic mass is 9.81. The number of hydrogen-bond donors (Lipinski definition) is 0. The van der Waals surface area contributed by atoms with Gasteiger partial charge in [-0.1, -0.05) is 25.8 Å². The summed E-state index contributed by atoms with van der Waals surface area (Å²) in [5.41, 5.74) is 0. The van der Waals surface area contributed by atoms with Crippen LogP contribution in [0.15, 0.2) is 24.4 Å². The number of rotatable bonds is 10. The van der Waals surface area contributed by atoms with E-state index in [9.17, 15) is 14.4 Å². The summed E-state index contributed by atoms with van der Waals surface area (Å²) in [7, 11) is 0. The number of carbonyl (C=O) groups is 3. The van der Waals surface area contributed by atoms with Crippen molar-refractivity contribution < 1.29 is 19.1 Å². The van der Waals surface area contributed by atoms with Gasteiger partial charge in [0.1, 0.15) is 11.9 Å². The van der Waals surface area contributed by atoms with E-state index >= 15 is 0 Å². The first-order valence-corrected chi connectivity index (χ1v) is 13.5. The molecule has 5 rings (SSSR count). The van der Waals surface area contributed by atoms with Crippen LogP contribution in [0.1, 0.15) is 51.9 Å². The van der Waals surface area contributed by atoms with Gasteiger partial charge >= 0.3 is 5.97 Å². The molecule has 8 nitrogen and oxygen atoms in total. The SMILES string of the molecule is CCCCCC(=O)OC(CN1CCN(c2ccccn2)CC1)CN1C(=O)C2C3CCC(C3)C2C1=O. The molecule has 0 spiro atoms. The molecular weight excluding hydrogens is 444 g/mol. The minimum atomic E-state index is -0.491. The lowest BCUT2D eigenvalue weighted by Gasteiger charge is -2.37. The largest absolute Gasteiger partial charge is 0.459 e. The standard InChI is InChI=1S/C27H38N4O4/c1-2-3-4-8-23(32)35-21(17-29-12-14-30(15-13-29)22-7-5-6-11-28-22)18-31-26(33)24-19-9-10-20(16-19)25(24)27(31)34/h5-7,11,19-21,24-25H,2-4,8-10,12-18H2,1H3. The number of nitrogens with zero attached hydrogens (tertiary/aromatic N) is 4. The van der Waals surface area contributed by atoms with E-state index in [1.54, 1.807) is 6.20 Å². The van der Waals surface area contributed by atoms with Crippen molar-refractivity contribution in [3.8, 4) is 0 Å². The summed E-state index contributed by atoms with van der Waals surface area (Å²) in [6.07, 6.45) is 7.69. The fourth-order valence-corrected chi connectivity index (χ4v) is 6.74. The highest BCUT2D eigenvalue weighted by atomic mass is 16.5. The molecule has 2 amide bonds. The molecule has 4 fully saturated rings. The Morgan fingerprint density at radius 3 is 2.37 bits per heavy atom. The van der Waals surface area contributed by atoms with E-state index < -0.39 is 6.10 Å². The molecule has 2 aliphatic carbocycles. The molecule has 5 unspecified atom stereocenters. The summed E-state index contributed by atoms with van der Waals surface area (Å²) in [4.78, 5) is 49.5. The van der Waals surface area contributed by atoms with Crippen molar-refractivity contribution in [2.75, 3.05) is 44.2 Å². The highest BCUT2D eigenvalue weighted by Crippen LogP contribution is 2.56. The number of pyridine rings is 1. The van der Waals surface area contributed by atoms with Crippen LogP contribution in [0.5, 0.6) is 0 Å². The molecule has 0 N–H and O–H groups in total. The molecule has 0 radical (unpaired) electrons. The Kier molecular flexibility index (Phi) is 7.37. The maximum atomic E-state index is 13.2. The Labute approximate surface area is 208 Å². The van der Waals surface area contributed by atoms with E-state index in [-0.39, 0.29) is 36.2 Å². The summed E-state index contributed by atoms with van der Waals surface area (Å²) in [6.45, 7) is 6.13.